The van der Waals surface area contributed by atoms with Crippen LogP contribution < -0.4 is 9.47 Å². The van der Waals surface area contributed by atoms with Gasteiger partial charge in [-0.25, -0.2) is 0 Å². The van der Waals surface area contributed by atoms with Crippen LogP contribution in [-0.2, 0) is 0 Å². The zero-order valence-electron chi connectivity index (χ0n) is 30.4. The minimum atomic E-state index is -0.408. The van der Waals surface area contributed by atoms with Gasteiger partial charge >= 0.3 is 0 Å². The second kappa shape index (κ2) is 19.8. The zero-order chi connectivity index (χ0) is 35.8. The van der Waals surface area contributed by atoms with Crippen LogP contribution in [0.2, 0.25) is 0 Å². The first-order valence-electron chi connectivity index (χ1n) is 19.1. The third-order valence-corrected chi connectivity index (χ3v) is 10.0. The Hall–Kier alpha value is -4.66. The summed E-state index contributed by atoms with van der Waals surface area (Å²) < 4.78 is 12.0. The lowest BCUT2D eigenvalue weighted by atomic mass is 9.94. The largest absolute Gasteiger partial charge is 0.507 e. The summed E-state index contributed by atoms with van der Waals surface area (Å²) in [6.45, 7) is 8.03. The molecule has 8 nitrogen and oxygen atoms in total. The van der Waals surface area contributed by atoms with Gasteiger partial charge in [-0.2, -0.15) is 0 Å². The number of phenols is 2. The molecule has 2 saturated heterocycles. The van der Waals surface area contributed by atoms with Crippen LogP contribution >= 0.6 is 0 Å². The van der Waals surface area contributed by atoms with Crippen LogP contribution in [0.15, 0.2) is 107 Å². The van der Waals surface area contributed by atoms with Gasteiger partial charge in [-0.05, 0) is 100 Å². The van der Waals surface area contributed by atoms with E-state index in [-0.39, 0.29) is 11.5 Å². The Morgan fingerprint density at radius 3 is 1.33 bits per heavy atom. The molecule has 4 aromatic carbocycles. The van der Waals surface area contributed by atoms with Gasteiger partial charge in [0.1, 0.15) is 35.1 Å². The minimum absolute atomic E-state index is 0.114. The number of nitrogens with zero attached hydrogens (tertiary/aromatic N) is 4. The van der Waals surface area contributed by atoms with Crippen molar-refractivity contribution in [1.82, 2.24) is 9.80 Å². The highest BCUT2D eigenvalue weighted by molar-refractivity contribution is 5.85. The number of benzene rings is 4. The maximum atomic E-state index is 11.0. The molecule has 8 heteroatoms. The number of piperidine rings is 2. The third-order valence-electron chi connectivity index (χ3n) is 10.0. The smallest absolute Gasteiger partial charge is 0.128 e. The Morgan fingerprint density at radius 2 is 0.942 bits per heavy atom. The van der Waals surface area contributed by atoms with E-state index in [1.54, 1.807) is 24.6 Å². The van der Waals surface area contributed by atoms with Gasteiger partial charge in [0.05, 0.1) is 13.2 Å². The molecule has 6 rings (SSSR count). The standard InChI is InChI=1S/C44H54N4O4/c49-41-31-39(51-29-13-27-47-23-9-3-10-24-47)21-19-37(41)33-45-43(35-15-5-1-6-16-35)44(36-17-7-2-8-18-36)46-34-38-20-22-40(32-42(38)50)52-30-14-28-48-25-11-4-12-26-48/h1-2,5-8,15-22,31-34,43-44,49-50H,3-4,9-14,23-30H2/t43-,44+. The van der Waals surface area contributed by atoms with Crippen molar-refractivity contribution in [3.8, 4) is 23.0 Å². The summed E-state index contributed by atoms with van der Waals surface area (Å²) in [5.74, 6) is 1.52. The summed E-state index contributed by atoms with van der Waals surface area (Å²) in [5.41, 5.74) is 3.16. The van der Waals surface area contributed by atoms with Crippen LogP contribution in [0, 0.1) is 0 Å². The van der Waals surface area contributed by atoms with Crippen molar-refractivity contribution < 1.29 is 19.7 Å². The normalized spacial score (nSPS) is 17.0. The molecule has 0 amide bonds. The Balaban J connectivity index is 1.14. The highest BCUT2D eigenvalue weighted by atomic mass is 16.5. The molecule has 0 aliphatic carbocycles. The number of phenolic OH excluding ortho intramolecular Hbond substituents is 2. The summed E-state index contributed by atoms with van der Waals surface area (Å²) in [6.07, 6.45) is 13.2. The van der Waals surface area contributed by atoms with Crippen molar-refractivity contribution >= 4 is 12.4 Å². The number of likely N-dealkylation sites (tertiary alicyclic amines) is 2. The van der Waals surface area contributed by atoms with Crippen molar-refractivity contribution in [1.29, 1.82) is 0 Å². The highest BCUT2D eigenvalue weighted by Crippen LogP contribution is 2.36. The Bertz CT molecular complexity index is 1580. The van der Waals surface area contributed by atoms with Gasteiger partial charge in [0.2, 0.25) is 0 Å². The molecule has 52 heavy (non-hydrogen) atoms. The first-order valence-corrected chi connectivity index (χ1v) is 19.1. The van der Waals surface area contributed by atoms with Gasteiger partial charge in [0.15, 0.2) is 0 Å². The fraction of sp³-hybridized carbons (Fsp3) is 0.409. The molecule has 2 atom stereocenters. The van der Waals surface area contributed by atoms with E-state index in [0.717, 1.165) is 37.1 Å². The lowest BCUT2D eigenvalue weighted by Gasteiger charge is -2.26. The van der Waals surface area contributed by atoms with Crippen molar-refractivity contribution in [3.05, 3.63) is 119 Å². The van der Waals surface area contributed by atoms with Crippen LogP contribution in [0.1, 0.15) is 85.7 Å². The summed E-state index contributed by atoms with van der Waals surface area (Å²) in [7, 11) is 0. The molecule has 0 radical (unpaired) electrons. The van der Waals surface area contributed by atoms with E-state index in [1.807, 2.05) is 84.9 Å². The highest BCUT2D eigenvalue weighted by Gasteiger charge is 2.24. The fourth-order valence-corrected chi connectivity index (χ4v) is 7.09. The van der Waals surface area contributed by atoms with Gasteiger partial charge in [-0.3, -0.25) is 9.98 Å². The second-order valence-corrected chi connectivity index (χ2v) is 13.9. The molecule has 2 heterocycles. The molecule has 0 aromatic heterocycles. The van der Waals surface area contributed by atoms with E-state index >= 15 is 0 Å². The maximum Gasteiger partial charge on any atom is 0.128 e. The molecule has 0 bridgehead atoms. The van der Waals surface area contributed by atoms with Crippen LogP contribution in [-0.4, -0.2) is 84.9 Å². The first-order chi connectivity index (χ1) is 25.6. The molecule has 2 aliphatic heterocycles. The van der Waals surface area contributed by atoms with Crippen molar-refractivity contribution in [3.63, 3.8) is 0 Å². The van der Waals surface area contributed by atoms with Gasteiger partial charge in [0.25, 0.3) is 0 Å². The number of hydrogen-bond acceptors (Lipinski definition) is 8. The number of rotatable bonds is 17. The summed E-state index contributed by atoms with van der Waals surface area (Å²) in [5, 5.41) is 21.9. The molecule has 2 aliphatic rings. The van der Waals surface area contributed by atoms with E-state index in [2.05, 4.69) is 9.80 Å². The van der Waals surface area contributed by atoms with E-state index in [0.29, 0.717) is 35.8 Å². The molecule has 2 fully saturated rings. The number of hydrogen-bond donors (Lipinski definition) is 2. The average molecular weight is 703 g/mol. The van der Waals surface area contributed by atoms with Crippen LogP contribution in [0.4, 0.5) is 0 Å². The van der Waals surface area contributed by atoms with Crippen LogP contribution in [0.5, 0.6) is 23.0 Å². The predicted octanol–water partition coefficient (Wildman–Crippen LogP) is 8.63. The van der Waals surface area contributed by atoms with Gasteiger partial charge in [-0.1, -0.05) is 73.5 Å². The minimum Gasteiger partial charge on any atom is -0.507 e. The molecule has 0 saturated carbocycles. The van der Waals surface area contributed by atoms with Gasteiger partial charge in [-0.15, -0.1) is 0 Å². The van der Waals surface area contributed by atoms with E-state index in [1.165, 1.54) is 64.7 Å². The molecular weight excluding hydrogens is 649 g/mol. The lowest BCUT2D eigenvalue weighted by Crippen LogP contribution is -2.31. The Labute approximate surface area is 309 Å². The van der Waals surface area contributed by atoms with E-state index in [4.69, 9.17) is 19.5 Å². The zero-order valence-corrected chi connectivity index (χ0v) is 30.4. The quantitative estimate of drug-likeness (QED) is 0.0846. The third kappa shape index (κ3) is 11.2. The lowest BCUT2D eigenvalue weighted by molar-refractivity contribution is 0.205. The molecule has 0 unspecified atom stereocenters. The summed E-state index contributed by atoms with van der Waals surface area (Å²) in [6, 6.07) is 30.1. The second-order valence-electron chi connectivity index (χ2n) is 13.9. The number of aliphatic imine (C=N–C) groups is 2. The Morgan fingerprint density at radius 1 is 0.538 bits per heavy atom. The monoisotopic (exact) mass is 702 g/mol. The van der Waals surface area contributed by atoms with Crippen molar-refractivity contribution in [2.45, 2.75) is 63.5 Å². The fourth-order valence-electron chi connectivity index (χ4n) is 7.09. The van der Waals surface area contributed by atoms with Gasteiger partial charge in [0, 0.05) is 48.8 Å². The van der Waals surface area contributed by atoms with E-state index < -0.39 is 12.1 Å². The molecule has 0 spiro atoms. The topological polar surface area (TPSA) is 90.1 Å². The van der Waals surface area contributed by atoms with E-state index in [9.17, 15) is 10.2 Å². The Kier molecular flexibility index (Phi) is 14.1. The van der Waals surface area contributed by atoms with Crippen LogP contribution in [0.25, 0.3) is 0 Å². The van der Waals surface area contributed by atoms with Crippen molar-refractivity contribution in [2.24, 2.45) is 9.98 Å². The molecule has 2 N–H and O–H groups in total. The molecule has 4 aromatic rings. The van der Waals surface area contributed by atoms with Crippen molar-refractivity contribution in [2.75, 3.05) is 52.5 Å². The summed E-state index contributed by atoms with van der Waals surface area (Å²) in [4.78, 5) is 15.1. The molecule has 274 valence electrons. The first kappa shape index (κ1) is 37.1. The SMILES string of the molecule is Oc1cc(OCCCN2CCCCC2)ccc1C=N[C@H](c1ccccc1)[C@@H](N=Cc1ccc(OCCCN2CCCCC2)cc1O)c1ccccc1. The maximum absolute atomic E-state index is 11.0. The number of aromatic hydroxyl groups is 2. The average Bonchev–Trinajstić information content (AvgIpc) is 3.19. The predicted molar refractivity (Wildman–Crippen MR) is 211 cm³/mol. The molecular formula is C44H54N4O4. The number of ether oxygens (including phenoxy) is 2. The summed E-state index contributed by atoms with van der Waals surface area (Å²) >= 11 is 0. The van der Waals surface area contributed by atoms with Crippen LogP contribution in [0.3, 0.4) is 0 Å². The van der Waals surface area contributed by atoms with Gasteiger partial charge < -0.3 is 29.5 Å².